The Kier molecular flexibility index (Phi) is 5.35. The minimum absolute atomic E-state index is 0.263. The zero-order valence-corrected chi connectivity index (χ0v) is 17.5. The van der Waals surface area contributed by atoms with Crippen molar-refractivity contribution in [3.63, 3.8) is 0 Å². The van der Waals surface area contributed by atoms with E-state index in [2.05, 4.69) is 25.9 Å². The molecule has 158 valence electrons. The van der Waals surface area contributed by atoms with Gasteiger partial charge in [0, 0.05) is 11.9 Å². The molecule has 0 spiro atoms. The molecule has 0 aliphatic rings. The first-order valence-corrected chi connectivity index (χ1v) is 9.45. The molecule has 2 heterocycles. The number of carbonyl (C=O) groups excluding carboxylic acids is 1. The summed E-state index contributed by atoms with van der Waals surface area (Å²) < 4.78 is 14.0. The normalized spacial score (nSPS) is 10.7. The van der Waals surface area contributed by atoms with Crippen molar-refractivity contribution < 1.29 is 14.3 Å². The second kappa shape index (κ2) is 8.27. The molecule has 0 radical (unpaired) electrons. The molecule has 1 N–H and O–H groups in total. The number of nitrogens with one attached hydrogen (secondary N) is 1. The molecule has 10 nitrogen and oxygen atoms in total. The van der Waals surface area contributed by atoms with E-state index < -0.39 is 0 Å². The SMILES string of the molecule is COc1ccc(C)cc1-n1ccc(C(=O)Nc2ccc(OC)c(-n3nnnc3C)c2)n1. The number of carbonyl (C=O) groups is 1. The summed E-state index contributed by atoms with van der Waals surface area (Å²) in [5, 5.41) is 18.8. The number of rotatable bonds is 6. The monoisotopic (exact) mass is 419 g/mol. The number of hydrogen-bond acceptors (Lipinski definition) is 7. The number of aryl methyl sites for hydroxylation is 2. The third-order valence-electron chi connectivity index (χ3n) is 4.69. The van der Waals surface area contributed by atoms with Crippen molar-refractivity contribution in [1.29, 1.82) is 0 Å². The Labute approximate surface area is 178 Å². The van der Waals surface area contributed by atoms with Crippen LogP contribution in [-0.4, -0.2) is 50.1 Å². The minimum atomic E-state index is -0.352. The molecule has 0 fully saturated rings. The van der Waals surface area contributed by atoms with Crippen molar-refractivity contribution in [2.75, 3.05) is 19.5 Å². The van der Waals surface area contributed by atoms with Crippen LogP contribution >= 0.6 is 0 Å². The lowest BCUT2D eigenvalue weighted by molar-refractivity contribution is 0.102. The fraction of sp³-hybridized carbons (Fsp3) is 0.190. The highest BCUT2D eigenvalue weighted by atomic mass is 16.5. The Morgan fingerprint density at radius 3 is 2.42 bits per heavy atom. The lowest BCUT2D eigenvalue weighted by Gasteiger charge is -2.11. The summed E-state index contributed by atoms with van der Waals surface area (Å²) in [7, 11) is 3.15. The molecule has 10 heteroatoms. The van der Waals surface area contributed by atoms with Crippen LogP contribution in [-0.2, 0) is 0 Å². The number of anilines is 1. The van der Waals surface area contributed by atoms with Crippen molar-refractivity contribution in [2.45, 2.75) is 13.8 Å². The van der Waals surface area contributed by atoms with Gasteiger partial charge < -0.3 is 14.8 Å². The maximum Gasteiger partial charge on any atom is 0.276 e. The molecule has 0 saturated heterocycles. The molecule has 0 bridgehead atoms. The Morgan fingerprint density at radius 2 is 1.71 bits per heavy atom. The van der Waals surface area contributed by atoms with Crippen molar-refractivity contribution >= 4 is 11.6 Å². The largest absolute Gasteiger partial charge is 0.494 e. The van der Waals surface area contributed by atoms with Gasteiger partial charge in [-0.15, -0.1) is 5.10 Å². The van der Waals surface area contributed by atoms with Gasteiger partial charge in [-0.05, 0) is 66.2 Å². The summed E-state index contributed by atoms with van der Waals surface area (Å²) >= 11 is 0. The van der Waals surface area contributed by atoms with Gasteiger partial charge >= 0.3 is 0 Å². The van der Waals surface area contributed by atoms with Gasteiger partial charge in [0.25, 0.3) is 5.91 Å². The van der Waals surface area contributed by atoms with Crippen molar-refractivity contribution in [3.05, 3.63) is 65.7 Å². The fourth-order valence-electron chi connectivity index (χ4n) is 3.14. The number of methoxy groups -OCH3 is 2. The summed E-state index contributed by atoms with van der Waals surface area (Å²) in [6, 6.07) is 12.6. The van der Waals surface area contributed by atoms with Crippen molar-refractivity contribution in [3.8, 4) is 22.9 Å². The van der Waals surface area contributed by atoms with E-state index >= 15 is 0 Å². The van der Waals surface area contributed by atoms with Crippen LogP contribution in [0, 0.1) is 13.8 Å². The predicted molar refractivity (Wildman–Crippen MR) is 113 cm³/mol. The van der Waals surface area contributed by atoms with Gasteiger partial charge in [-0.25, -0.2) is 4.68 Å². The molecular formula is C21H21N7O3. The first-order chi connectivity index (χ1) is 15.0. The van der Waals surface area contributed by atoms with Crippen LogP contribution in [0.1, 0.15) is 21.9 Å². The number of amides is 1. The van der Waals surface area contributed by atoms with Crippen LogP contribution < -0.4 is 14.8 Å². The average molecular weight is 419 g/mol. The average Bonchev–Trinajstić information content (AvgIpc) is 3.43. The van der Waals surface area contributed by atoms with Gasteiger partial charge in [0.15, 0.2) is 11.5 Å². The highest BCUT2D eigenvalue weighted by Crippen LogP contribution is 2.27. The Bertz CT molecular complexity index is 1250. The van der Waals surface area contributed by atoms with E-state index in [-0.39, 0.29) is 11.6 Å². The molecule has 2 aromatic heterocycles. The lowest BCUT2D eigenvalue weighted by atomic mass is 10.2. The standard InChI is InChI=1S/C21H21N7O3/c1-13-5-7-19(30-3)17(11-13)27-10-9-16(24-27)21(29)22-15-6-8-20(31-4)18(12-15)28-14(2)23-25-26-28/h5-12H,1-4H3,(H,22,29). The minimum Gasteiger partial charge on any atom is -0.494 e. The number of benzene rings is 2. The van der Waals surface area contributed by atoms with E-state index in [1.807, 2.05) is 25.1 Å². The molecule has 1 amide bonds. The lowest BCUT2D eigenvalue weighted by Crippen LogP contribution is -2.14. The maximum absolute atomic E-state index is 12.8. The first-order valence-electron chi connectivity index (χ1n) is 9.45. The fourth-order valence-corrected chi connectivity index (χ4v) is 3.14. The highest BCUT2D eigenvalue weighted by molar-refractivity contribution is 6.03. The van der Waals surface area contributed by atoms with Crippen molar-refractivity contribution in [1.82, 2.24) is 30.0 Å². The quantitative estimate of drug-likeness (QED) is 0.512. The Balaban J connectivity index is 1.60. The maximum atomic E-state index is 12.8. The van der Waals surface area contributed by atoms with E-state index in [0.717, 1.165) is 11.3 Å². The topological polar surface area (TPSA) is 109 Å². The van der Waals surface area contributed by atoms with Gasteiger partial charge in [-0.1, -0.05) is 6.07 Å². The van der Waals surface area contributed by atoms with Gasteiger partial charge in [-0.2, -0.15) is 9.78 Å². The van der Waals surface area contributed by atoms with Crippen LogP contribution in [0.15, 0.2) is 48.7 Å². The highest BCUT2D eigenvalue weighted by Gasteiger charge is 2.16. The van der Waals surface area contributed by atoms with Crippen LogP contribution in [0.2, 0.25) is 0 Å². The zero-order valence-electron chi connectivity index (χ0n) is 17.5. The molecular weight excluding hydrogens is 398 g/mol. The summed E-state index contributed by atoms with van der Waals surface area (Å²) in [6.07, 6.45) is 1.72. The molecule has 2 aromatic carbocycles. The molecule has 0 atom stereocenters. The summed E-state index contributed by atoms with van der Waals surface area (Å²) in [4.78, 5) is 12.8. The summed E-state index contributed by atoms with van der Waals surface area (Å²) in [5.74, 6) is 1.48. The van der Waals surface area contributed by atoms with E-state index in [1.54, 1.807) is 56.3 Å². The predicted octanol–water partition coefficient (Wildman–Crippen LogP) is 2.73. The van der Waals surface area contributed by atoms with E-state index in [1.165, 1.54) is 4.68 Å². The molecule has 0 aliphatic heterocycles. The van der Waals surface area contributed by atoms with E-state index in [9.17, 15) is 4.79 Å². The van der Waals surface area contributed by atoms with E-state index in [4.69, 9.17) is 9.47 Å². The smallest absolute Gasteiger partial charge is 0.276 e. The Hall–Kier alpha value is -4.21. The summed E-state index contributed by atoms with van der Waals surface area (Å²) in [5.41, 5.74) is 3.24. The molecule has 0 aliphatic carbocycles. The first kappa shape index (κ1) is 20.1. The number of nitrogens with zero attached hydrogens (tertiary/aromatic N) is 6. The van der Waals surface area contributed by atoms with E-state index in [0.29, 0.717) is 28.7 Å². The third-order valence-corrected chi connectivity index (χ3v) is 4.69. The Morgan fingerprint density at radius 1 is 0.968 bits per heavy atom. The zero-order chi connectivity index (χ0) is 22.0. The molecule has 31 heavy (non-hydrogen) atoms. The third kappa shape index (κ3) is 3.95. The van der Waals surface area contributed by atoms with Gasteiger partial charge in [0.05, 0.1) is 14.2 Å². The molecule has 4 rings (SSSR count). The van der Waals surface area contributed by atoms with Crippen LogP contribution in [0.4, 0.5) is 5.69 Å². The summed E-state index contributed by atoms with van der Waals surface area (Å²) in [6.45, 7) is 3.75. The number of ether oxygens (including phenoxy) is 2. The number of hydrogen-bond donors (Lipinski definition) is 1. The van der Waals surface area contributed by atoms with Crippen molar-refractivity contribution in [2.24, 2.45) is 0 Å². The second-order valence-electron chi connectivity index (χ2n) is 6.80. The van der Waals surface area contributed by atoms with Gasteiger partial charge in [0.2, 0.25) is 0 Å². The van der Waals surface area contributed by atoms with Crippen LogP contribution in [0.5, 0.6) is 11.5 Å². The number of aromatic nitrogens is 6. The molecule has 4 aromatic rings. The second-order valence-corrected chi connectivity index (χ2v) is 6.80. The van der Waals surface area contributed by atoms with Gasteiger partial charge in [0.1, 0.15) is 22.9 Å². The van der Waals surface area contributed by atoms with Crippen LogP contribution in [0.3, 0.4) is 0 Å². The number of tetrazole rings is 1. The van der Waals surface area contributed by atoms with Crippen LogP contribution in [0.25, 0.3) is 11.4 Å². The molecule has 0 unspecified atom stereocenters. The van der Waals surface area contributed by atoms with Gasteiger partial charge in [-0.3, -0.25) is 4.79 Å². The molecule has 0 saturated carbocycles.